The summed E-state index contributed by atoms with van der Waals surface area (Å²) in [5.74, 6) is -0.888. The third-order valence-corrected chi connectivity index (χ3v) is 2.92. The second kappa shape index (κ2) is 5.46. The SMILES string of the molecule is N#C/C(C(=O)c1cccc(F)c1)=C1/CCCCN1. The first-order valence-electron chi connectivity index (χ1n) is 5.90. The van der Waals surface area contributed by atoms with Crippen LogP contribution in [0.2, 0.25) is 0 Å². The van der Waals surface area contributed by atoms with Crippen molar-refractivity contribution in [2.24, 2.45) is 0 Å². The van der Waals surface area contributed by atoms with Crippen LogP contribution in [-0.4, -0.2) is 12.3 Å². The van der Waals surface area contributed by atoms with Gasteiger partial charge in [0.1, 0.15) is 17.5 Å². The van der Waals surface area contributed by atoms with E-state index in [1.165, 1.54) is 18.2 Å². The molecule has 0 spiro atoms. The minimum atomic E-state index is -0.472. The molecule has 1 N–H and O–H groups in total. The van der Waals surface area contributed by atoms with Gasteiger partial charge in [-0.1, -0.05) is 12.1 Å². The summed E-state index contributed by atoms with van der Waals surface area (Å²) in [6.45, 7) is 0.775. The molecule has 0 bridgehead atoms. The van der Waals surface area contributed by atoms with Crippen LogP contribution in [-0.2, 0) is 0 Å². The highest BCUT2D eigenvalue weighted by molar-refractivity contribution is 6.11. The first kappa shape index (κ1) is 12.3. The first-order valence-corrected chi connectivity index (χ1v) is 5.90. The molecule has 1 heterocycles. The summed E-state index contributed by atoms with van der Waals surface area (Å²) >= 11 is 0. The summed E-state index contributed by atoms with van der Waals surface area (Å²) < 4.78 is 13.1. The Kier molecular flexibility index (Phi) is 3.73. The molecular weight excluding hydrogens is 231 g/mol. The lowest BCUT2D eigenvalue weighted by Gasteiger charge is -2.17. The van der Waals surface area contributed by atoms with Crippen molar-refractivity contribution >= 4 is 5.78 Å². The topological polar surface area (TPSA) is 52.9 Å². The zero-order valence-electron chi connectivity index (χ0n) is 9.87. The van der Waals surface area contributed by atoms with E-state index < -0.39 is 11.6 Å². The molecule has 1 saturated heterocycles. The third kappa shape index (κ3) is 2.57. The van der Waals surface area contributed by atoms with Gasteiger partial charge in [-0.25, -0.2) is 4.39 Å². The molecule has 0 amide bonds. The quantitative estimate of drug-likeness (QED) is 0.494. The minimum absolute atomic E-state index is 0.0975. The van der Waals surface area contributed by atoms with Gasteiger partial charge in [0.25, 0.3) is 0 Å². The van der Waals surface area contributed by atoms with E-state index in [1.54, 1.807) is 0 Å². The van der Waals surface area contributed by atoms with Crippen LogP contribution in [0.3, 0.4) is 0 Å². The van der Waals surface area contributed by atoms with E-state index in [0.29, 0.717) is 12.1 Å². The fraction of sp³-hybridized carbons (Fsp3) is 0.286. The van der Waals surface area contributed by atoms with Crippen LogP contribution in [0.4, 0.5) is 4.39 Å². The van der Waals surface area contributed by atoms with Crippen molar-refractivity contribution < 1.29 is 9.18 Å². The largest absolute Gasteiger partial charge is 0.387 e. The Morgan fingerprint density at radius 3 is 2.83 bits per heavy atom. The van der Waals surface area contributed by atoms with E-state index in [-0.39, 0.29) is 11.1 Å². The molecule has 0 aliphatic carbocycles. The molecule has 2 rings (SSSR count). The van der Waals surface area contributed by atoms with Gasteiger partial charge in [0, 0.05) is 17.8 Å². The Bertz CT molecular complexity index is 535. The summed E-state index contributed by atoms with van der Waals surface area (Å²) in [4.78, 5) is 12.1. The Labute approximate surface area is 105 Å². The number of nitrogens with one attached hydrogen (secondary N) is 1. The first-order chi connectivity index (χ1) is 8.72. The monoisotopic (exact) mass is 244 g/mol. The fourth-order valence-electron chi connectivity index (χ4n) is 2.00. The van der Waals surface area contributed by atoms with Gasteiger partial charge in [0.2, 0.25) is 5.78 Å². The Morgan fingerprint density at radius 1 is 1.39 bits per heavy atom. The molecule has 1 aromatic carbocycles. The number of benzene rings is 1. The van der Waals surface area contributed by atoms with E-state index in [4.69, 9.17) is 5.26 Å². The lowest BCUT2D eigenvalue weighted by molar-refractivity contribution is 0.103. The zero-order valence-corrected chi connectivity index (χ0v) is 9.87. The van der Waals surface area contributed by atoms with Crippen molar-refractivity contribution in [1.29, 1.82) is 5.26 Å². The normalized spacial score (nSPS) is 17.6. The number of hydrogen-bond donors (Lipinski definition) is 1. The van der Waals surface area contributed by atoms with Gasteiger partial charge in [-0.2, -0.15) is 5.26 Å². The van der Waals surface area contributed by atoms with Crippen LogP contribution < -0.4 is 5.32 Å². The summed E-state index contributed by atoms with van der Waals surface area (Å²) in [6.07, 6.45) is 2.70. The summed E-state index contributed by atoms with van der Waals surface area (Å²) in [5.41, 5.74) is 0.990. The van der Waals surface area contributed by atoms with Crippen molar-refractivity contribution in [1.82, 2.24) is 5.32 Å². The van der Waals surface area contributed by atoms with E-state index >= 15 is 0 Å². The van der Waals surface area contributed by atoms with Crippen LogP contribution in [0.1, 0.15) is 29.6 Å². The minimum Gasteiger partial charge on any atom is -0.387 e. The fourth-order valence-corrected chi connectivity index (χ4v) is 2.00. The summed E-state index contributed by atoms with van der Waals surface area (Å²) in [5, 5.41) is 12.2. The van der Waals surface area contributed by atoms with E-state index in [9.17, 15) is 9.18 Å². The maximum absolute atomic E-state index is 13.1. The summed E-state index contributed by atoms with van der Waals surface area (Å²) in [6, 6.07) is 7.35. The number of piperidine rings is 1. The molecule has 1 aromatic rings. The highest BCUT2D eigenvalue weighted by atomic mass is 19.1. The average Bonchev–Trinajstić information content (AvgIpc) is 2.41. The van der Waals surface area contributed by atoms with Gasteiger partial charge in [0.15, 0.2) is 0 Å². The van der Waals surface area contributed by atoms with Crippen molar-refractivity contribution in [2.75, 3.05) is 6.54 Å². The van der Waals surface area contributed by atoms with E-state index in [2.05, 4.69) is 5.32 Å². The highest BCUT2D eigenvalue weighted by Gasteiger charge is 2.19. The standard InChI is InChI=1S/C14H13FN2O/c15-11-5-3-4-10(8-11)14(18)12(9-16)13-6-1-2-7-17-13/h3-5,8,17H,1-2,6-7H2/b13-12+. The number of allylic oxidation sites excluding steroid dienone is 2. The number of nitrogens with zero attached hydrogens (tertiary/aromatic N) is 1. The molecular formula is C14H13FN2O. The van der Waals surface area contributed by atoms with E-state index in [1.807, 2.05) is 6.07 Å². The second-order valence-corrected chi connectivity index (χ2v) is 4.19. The van der Waals surface area contributed by atoms with Crippen molar-refractivity contribution in [2.45, 2.75) is 19.3 Å². The van der Waals surface area contributed by atoms with Crippen LogP contribution in [0, 0.1) is 17.1 Å². The third-order valence-electron chi connectivity index (χ3n) is 2.92. The molecule has 3 nitrogen and oxygen atoms in total. The van der Waals surface area contributed by atoms with E-state index in [0.717, 1.165) is 25.5 Å². The molecule has 1 aliphatic rings. The molecule has 4 heteroatoms. The van der Waals surface area contributed by atoms with Gasteiger partial charge in [0.05, 0.1) is 0 Å². The Balaban J connectivity index is 2.34. The highest BCUT2D eigenvalue weighted by Crippen LogP contribution is 2.18. The molecule has 92 valence electrons. The average molecular weight is 244 g/mol. The van der Waals surface area contributed by atoms with Gasteiger partial charge >= 0.3 is 0 Å². The summed E-state index contributed by atoms with van der Waals surface area (Å²) in [7, 11) is 0. The molecule has 0 atom stereocenters. The maximum atomic E-state index is 13.1. The number of halogens is 1. The Morgan fingerprint density at radius 2 is 2.22 bits per heavy atom. The molecule has 0 radical (unpaired) electrons. The smallest absolute Gasteiger partial charge is 0.205 e. The number of carbonyl (C=O) groups excluding carboxylic acids is 1. The predicted octanol–water partition coefficient (Wildman–Crippen LogP) is 2.56. The Hall–Kier alpha value is -2.15. The van der Waals surface area contributed by atoms with Crippen molar-refractivity contribution in [3.8, 4) is 6.07 Å². The van der Waals surface area contributed by atoms with Gasteiger partial charge < -0.3 is 5.32 Å². The van der Waals surface area contributed by atoms with Crippen LogP contribution in [0.5, 0.6) is 0 Å². The maximum Gasteiger partial charge on any atom is 0.205 e. The van der Waals surface area contributed by atoms with Gasteiger partial charge in [-0.3, -0.25) is 4.79 Å². The van der Waals surface area contributed by atoms with Crippen LogP contribution in [0.25, 0.3) is 0 Å². The number of ketones is 1. The van der Waals surface area contributed by atoms with Crippen LogP contribution >= 0.6 is 0 Å². The number of Topliss-reactive ketones (excluding diaryl/α,β-unsaturated/α-hetero) is 1. The molecule has 0 unspecified atom stereocenters. The van der Waals surface area contributed by atoms with Crippen molar-refractivity contribution in [3.63, 3.8) is 0 Å². The molecule has 0 saturated carbocycles. The number of hydrogen-bond acceptors (Lipinski definition) is 3. The molecule has 1 aliphatic heterocycles. The molecule has 0 aromatic heterocycles. The lowest BCUT2D eigenvalue weighted by Crippen LogP contribution is -2.23. The van der Waals surface area contributed by atoms with Gasteiger partial charge in [-0.05, 0) is 31.4 Å². The number of carbonyl (C=O) groups is 1. The lowest BCUT2D eigenvalue weighted by atomic mass is 9.98. The van der Waals surface area contributed by atoms with Gasteiger partial charge in [-0.15, -0.1) is 0 Å². The molecule has 1 fully saturated rings. The van der Waals surface area contributed by atoms with Crippen molar-refractivity contribution in [3.05, 3.63) is 46.9 Å². The number of rotatable bonds is 2. The van der Waals surface area contributed by atoms with Crippen LogP contribution in [0.15, 0.2) is 35.5 Å². The predicted molar refractivity (Wildman–Crippen MR) is 65.2 cm³/mol. The zero-order chi connectivity index (χ0) is 13.0. The number of nitriles is 1. The second-order valence-electron chi connectivity index (χ2n) is 4.19. The molecule has 18 heavy (non-hydrogen) atoms.